The third-order valence-corrected chi connectivity index (χ3v) is 89.5. The van der Waals surface area contributed by atoms with Gasteiger partial charge >= 0.3 is 330 Å². The van der Waals surface area contributed by atoms with E-state index in [1.165, 1.54) is 66.0 Å². The van der Waals surface area contributed by atoms with Crippen molar-refractivity contribution in [1.82, 2.24) is 0 Å². The van der Waals surface area contributed by atoms with Gasteiger partial charge in [0.05, 0.1) is 0 Å². The van der Waals surface area contributed by atoms with E-state index in [4.69, 9.17) is 17.2 Å². The fourth-order valence-electron chi connectivity index (χ4n) is 9.45. The van der Waals surface area contributed by atoms with Crippen LogP contribution in [0.15, 0.2) is 96.1 Å². The van der Waals surface area contributed by atoms with E-state index in [2.05, 4.69) is 177 Å². The van der Waals surface area contributed by atoms with Crippen molar-refractivity contribution in [3.63, 3.8) is 0 Å². The molecule has 0 aromatic heterocycles. The van der Waals surface area contributed by atoms with Crippen molar-refractivity contribution in [2.45, 2.75) is 100 Å². The molecular formula is C46H61Cl2HfSi3. The van der Waals surface area contributed by atoms with Gasteiger partial charge < -0.3 is 0 Å². The summed E-state index contributed by atoms with van der Waals surface area (Å²) in [4.78, 5) is 0. The Labute approximate surface area is 327 Å². The second-order valence-corrected chi connectivity index (χ2v) is 87.7. The van der Waals surface area contributed by atoms with Crippen LogP contribution in [0.25, 0.3) is 34.4 Å². The third kappa shape index (κ3) is 6.61. The molecule has 6 heteroatoms. The van der Waals surface area contributed by atoms with Crippen molar-refractivity contribution in [1.29, 1.82) is 0 Å². The second-order valence-electron chi connectivity index (χ2n) is 18.4. The molecule has 0 aliphatic heterocycles. The normalized spacial score (nSPS) is 19.4. The zero-order valence-electron chi connectivity index (χ0n) is 33.8. The zero-order valence-corrected chi connectivity index (χ0v) is 42.1. The summed E-state index contributed by atoms with van der Waals surface area (Å²) in [6, 6.07) is 32.5. The first-order chi connectivity index (χ1) is 24.4. The molecule has 2 aliphatic rings. The molecule has 275 valence electrons. The molecule has 0 spiro atoms. The first-order valence-electron chi connectivity index (χ1n) is 19.8. The summed E-state index contributed by atoms with van der Waals surface area (Å²) in [5.41, 5.74) is 14.0. The van der Waals surface area contributed by atoms with Crippen molar-refractivity contribution >= 4 is 61.8 Å². The van der Waals surface area contributed by atoms with Crippen molar-refractivity contribution in [2.75, 3.05) is 0 Å². The Balaban J connectivity index is 1.66. The number of rotatable bonds is 11. The summed E-state index contributed by atoms with van der Waals surface area (Å²) in [6.07, 6.45) is 7.30. The van der Waals surface area contributed by atoms with Gasteiger partial charge in [0.1, 0.15) is 0 Å². The molecule has 0 heterocycles. The Bertz CT molecular complexity index is 1920. The average molecular weight is 948 g/mol. The van der Waals surface area contributed by atoms with Crippen LogP contribution in [-0.4, -0.2) is 22.1 Å². The Morgan fingerprint density at radius 1 is 0.558 bits per heavy atom. The molecule has 0 bridgehead atoms. The number of benzene rings is 4. The predicted octanol–water partition coefficient (Wildman–Crippen LogP) is 13.8. The summed E-state index contributed by atoms with van der Waals surface area (Å²) in [7, 11) is 14.7. The molecule has 6 rings (SSSR count). The zero-order chi connectivity index (χ0) is 38.0. The molecule has 4 unspecified atom stereocenters. The van der Waals surface area contributed by atoms with Crippen LogP contribution in [0.1, 0.15) is 70.1 Å². The van der Waals surface area contributed by atoms with Crippen LogP contribution < -0.4 is 10.4 Å². The molecule has 0 fully saturated rings. The molecule has 4 atom stereocenters. The molecule has 0 nitrogen and oxygen atoms in total. The van der Waals surface area contributed by atoms with E-state index in [-0.39, 0.29) is 7.35 Å². The molecule has 0 saturated heterocycles. The summed E-state index contributed by atoms with van der Waals surface area (Å²) in [5, 5.41) is 3.03. The minimum atomic E-state index is -5.15. The number of halogens is 2. The SMILES string of the molecule is CCC(C)C1=Cc2c(-c3ccccc3[Si](C)(C)C)cccc2[CH]1[Hf]([Cl])([Cl])([CH]1C(C(C)CC)=Cc2c(-c3ccccc3[Si](C)(C)C)cccc21)[SiH](C)C. The molecule has 0 radical (unpaired) electrons. The number of fused-ring (bicyclic) bond motifs is 2. The van der Waals surface area contributed by atoms with E-state index in [1.54, 1.807) is 0 Å². The van der Waals surface area contributed by atoms with Crippen LogP contribution in [0.2, 0.25) is 52.4 Å². The Hall–Kier alpha value is -1.54. The maximum absolute atomic E-state index is 8.97. The molecule has 4 aromatic rings. The Morgan fingerprint density at radius 2 is 0.904 bits per heavy atom. The van der Waals surface area contributed by atoms with Gasteiger partial charge in [-0.2, -0.15) is 0 Å². The quantitative estimate of drug-likeness (QED) is 0.131. The standard InChI is InChI=1S/2C22H27Si.C2H7Si.2ClH.Hf/c2*1-6-16(2)18-14-17-10-9-12-19(21(17)15-18)20-11-7-8-13-22(20)23(3,4)5;1-3-2;;;/h2*7-16H,6H2,1-5H3;3H,1-2H3;2*1H;/q;;;;;+2/p-2. The Morgan fingerprint density at radius 3 is 1.23 bits per heavy atom. The van der Waals surface area contributed by atoms with Crippen LogP contribution in [0.4, 0.5) is 0 Å². The predicted molar refractivity (Wildman–Crippen MR) is 241 cm³/mol. The fourth-order valence-corrected chi connectivity index (χ4v) is 57.0. The van der Waals surface area contributed by atoms with E-state index in [9.17, 15) is 0 Å². The summed E-state index contributed by atoms with van der Waals surface area (Å²) in [5.74, 6) is -0.905. The van der Waals surface area contributed by atoms with Crippen LogP contribution >= 0.6 is 17.2 Å². The molecule has 52 heavy (non-hydrogen) atoms. The van der Waals surface area contributed by atoms with Gasteiger partial charge in [-0.1, -0.05) is 0 Å². The van der Waals surface area contributed by atoms with E-state index in [1.807, 2.05) is 0 Å². The number of hydrogen-bond acceptors (Lipinski definition) is 0. The summed E-state index contributed by atoms with van der Waals surface area (Å²) in [6.45, 7) is 29.3. The first-order valence-corrected chi connectivity index (χ1v) is 49.0. The van der Waals surface area contributed by atoms with Gasteiger partial charge in [-0.05, 0) is 0 Å². The number of hydrogen-bond donors (Lipinski definition) is 0. The van der Waals surface area contributed by atoms with Crippen LogP contribution in [0.5, 0.6) is 0 Å². The molecule has 0 amide bonds. The molecule has 4 aromatic carbocycles. The minimum absolute atomic E-state index is 0.0947. The monoisotopic (exact) mass is 947 g/mol. The van der Waals surface area contributed by atoms with E-state index in [0.717, 1.165) is 12.8 Å². The van der Waals surface area contributed by atoms with Crippen molar-refractivity contribution in [3.8, 4) is 22.3 Å². The summed E-state index contributed by atoms with van der Waals surface area (Å²) >= 11 is -5.15. The Kier molecular flexibility index (Phi) is 11.2. The second kappa shape index (κ2) is 14.5. The van der Waals surface area contributed by atoms with E-state index in [0.29, 0.717) is 11.8 Å². The molecule has 2 aliphatic carbocycles. The van der Waals surface area contributed by atoms with Crippen molar-refractivity contribution < 1.29 is 15.3 Å². The topological polar surface area (TPSA) is 0 Å². The van der Waals surface area contributed by atoms with Gasteiger partial charge in [0.15, 0.2) is 0 Å². The fraction of sp³-hybridized carbons (Fsp3) is 0.391. The molecule has 0 saturated carbocycles. The van der Waals surface area contributed by atoms with Crippen molar-refractivity contribution in [3.05, 3.63) is 118 Å². The van der Waals surface area contributed by atoms with Gasteiger partial charge in [0.2, 0.25) is 0 Å². The van der Waals surface area contributed by atoms with Gasteiger partial charge in [0, 0.05) is 0 Å². The van der Waals surface area contributed by atoms with Gasteiger partial charge in [-0.3, -0.25) is 0 Å². The van der Waals surface area contributed by atoms with E-state index < -0.39 is 37.4 Å². The third-order valence-electron chi connectivity index (χ3n) is 12.8. The van der Waals surface area contributed by atoms with Gasteiger partial charge in [-0.25, -0.2) is 0 Å². The van der Waals surface area contributed by atoms with Gasteiger partial charge in [0.25, 0.3) is 0 Å². The first kappa shape index (κ1) is 40.1. The molecular weight excluding hydrogens is 886 g/mol. The van der Waals surface area contributed by atoms with Crippen LogP contribution in [0, 0.1) is 11.8 Å². The van der Waals surface area contributed by atoms with Crippen LogP contribution in [0.3, 0.4) is 0 Å². The molecule has 0 N–H and O–H groups in total. The van der Waals surface area contributed by atoms with Crippen LogP contribution in [-0.2, 0) is 15.3 Å². The maximum atomic E-state index is 8.97. The summed E-state index contributed by atoms with van der Waals surface area (Å²) < 4.78 is 0.189. The van der Waals surface area contributed by atoms with E-state index >= 15 is 0 Å². The number of allylic oxidation sites excluding steroid dienone is 2. The van der Waals surface area contributed by atoms with Gasteiger partial charge in [-0.15, -0.1) is 0 Å². The average Bonchev–Trinajstić information content (AvgIpc) is 3.71. The van der Waals surface area contributed by atoms with Crippen molar-refractivity contribution in [2.24, 2.45) is 11.8 Å².